The van der Waals surface area contributed by atoms with Crippen LogP contribution in [0.25, 0.3) is 0 Å². The Morgan fingerprint density at radius 3 is 2.45 bits per heavy atom. The second-order valence-corrected chi connectivity index (χ2v) is 5.49. The second-order valence-electron chi connectivity index (χ2n) is 5.49. The number of carbonyl (C=O) groups is 1. The first kappa shape index (κ1) is 16.0. The molecule has 0 bridgehead atoms. The van der Waals surface area contributed by atoms with Crippen LogP contribution in [-0.2, 0) is 13.0 Å². The SMILES string of the molecule is CCCCc1ccc(CNC(=O)c2ccc(C)nc2N)cc1. The fraction of sp³-hybridized carbons (Fsp3) is 0.333. The summed E-state index contributed by atoms with van der Waals surface area (Å²) in [5.74, 6) is 0.0764. The van der Waals surface area contributed by atoms with Gasteiger partial charge in [-0.05, 0) is 43.0 Å². The summed E-state index contributed by atoms with van der Waals surface area (Å²) >= 11 is 0. The van der Waals surface area contributed by atoms with Gasteiger partial charge in [0.15, 0.2) is 0 Å². The molecule has 1 amide bonds. The van der Waals surface area contributed by atoms with Gasteiger partial charge in [0.05, 0.1) is 5.56 Å². The van der Waals surface area contributed by atoms with E-state index < -0.39 is 0 Å². The van der Waals surface area contributed by atoms with Crippen molar-refractivity contribution in [2.24, 2.45) is 0 Å². The van der Waals surface area contributed by atoms with Crippen molar-refractivity contribution in [3.63, 3.8) is 0 Å². The number of nitrogens with two attached hydrogens (primary N) is 1. The standard InChI is InChI=1S/C18H23N3O/c1-3-4-5-14-7-9-15(10-8-14)12-20-18(22)16-11-6-13(2)21-17(16)19/h6-11H,3-5,12H2,1-2H3,(H2,19,21)(H,20,22). The molecule has 4 heteroatoms. The lowest BCUT2D eigenvalue weighted by atomic mass is 10.1. The molecule has 1 heterocycles. The fourth-order valence-corrected chi connectivity index (χ4v) is 2.25. The van der Waals surface area contributed by atoms with Gasteiger partial charge < -0.3 is 11.1 Å². The van der Waals surface area contributed by atoms with Crippen LogP contribution in [0.1, 0.15) is 46.9 Å². The quantitative estimate of drug-likeness (QED) is 0.860. The Labute approximate surface area is 131 Å². The van der Waals surface area contributed by atoms with E-state index in [0.717, 1.165) is 17.7 Å². The number of hydrogen-bond acceptors (Lipinski definition) is 3. The highest BCUT2D eigenvalue weighted by molar-refractivity contribution is 5.98. The van der Waals surface area contributed by atoms with Crippen LogP contribution in [-0.4, -0.2) is 10.9 Å². The summed E-state index contributed by atoms with van der Waals surface area (Å²) in [5.41, 5.74) is 9.42. The zero-order valence-electron chi connectivity index (χ0n) is 13.2. The van der Waals surface area contributed by atoms with Crippen LogP contribution in [0.5, 0.6) is 0 Å². The Hall–Kier alpha value is -2.36. The molecule has 116 valence electrons. The minimum atomic E-state index is -0.194. The summed E-state index contributed by atoms with van der Waals surface area (Å²) in [4.78, 5) is 16.2. The second kappa shape index (κ2) is 7.59. The van der Waals surface area contributed by atoms with E-state index in [9.17, 15) is 4.79 Å². The van der Waals surface area contributed by atoms with Crippen LogP contribution in [0, 0.1) is 6.92 Å². The number of aryl methyl sites for hydroxylation is 2. The Morgan fingerprint density at radius 2 is 1.82 bits per heavy atom. The number of rotatable bonds is 6. The first-order valence-electron chi connectivity index (χ1n) is 7.69. The number of anilines is 1. The lowest BCUT2D eigenvalue weighted by Crippen LogP contribution is -2.24. The third-order valence-electron chi connectivity index (χ3n) is 3.60. The molecule has 1 aromatic carbocycles. The number of unbranched alkanes of at least 4 members (excludes halogenated alkanes) is 1. The van der Waals surface area contributed by atoms with Gasteiger partial charge in [-0.3, -0.25) is 4.79 Å². The largest absolute Gasteiger partial charge is 0.383 e. The normalized spacial score (nSPS) is 10.5. The molecule has 2 rings (SSSR count). The van der Waals surface area contributed by atoms with Crippen molar-refractivity contribution in [2.45, 2.75) is 39.7 Å². The van der Waals surface area contributed by atoms with E-state index in [-0.39, 0.29) is 11.7 Å². The average Bonchev–Trinajstić information content (AvgIpc) is 2.51. The van der Waals surface area contributed by atoms with Crippen LogP contribution in [0.4, 0.5) is 5.82 Å². The molecule has 0 aliphatic carbocycles. The molecule has 3 N–H and O–H groups in total. The predicted octanol–water partition coefficient (Wildman–Crippen LogP) is 3.24. The van der Waals surface area contributed by atoms with Crippen LogP contribution in [0.15, 0.2) is 36.4 Å². The van der Waals surface area contributed by atoms with Gasteiger partial charge >= 0.3 is 0 Å². The molecule has 0 saturated carbocycles. The van der Waals surface area contributed by atoms with Crippen LogP contribution in [0.3, 0.4) is 0 Å². The first-order chi connectivity index (χ1) is 10.6. The van der Waals surface area contributed by atoms with E-state index >= 15 is 0 Å². The number of nitrogen functional groups attached to an aromatic ring is 1. The smallest absolute Gasteiger partial charge is 0.255 e. The molecule has 0 saturated heterocycles. The summed E-state index contributed by atoms with van der Waals surface area (Å²) in [7, 11) is 0. The Morgan fingerprint density at radius 1 is 1.14 bits per heavy atom. The van der Waals surface area contributed by atoms with Crippen LogP contribution in [0.2, 0.25) is 0 Å². The number of nitrogens with zero attached hydrogens (tertiary/aromatic N) is 1. The van der Waals surface area contributed by atoms with Gasteiger partial charge in [-0.25, -0.2) is 4.98 Å². The van der Waals surface area contributed by atoms with Gasteiger partial charge in [0.1, 0.15) is 5.82 Å². The number of pyridine rings is 1. The maximum absolute atomic E-state index is 12.1. The van der Waals surface area contributed by atoms with E-state index in [1.807, 2.05) is 6.92 Å². The van der Waals surface area contributed by atoms with Gasteiger partial charge in [0.25, 0.3) is 5.91 Å². The molecule has 1 aromatic heterocycles. The molecular weight excluding hydrogens is 274 g/mol. The zero-order chi connectivity index (χ0) is 15.9. The molecule has 0 atom stereocenters. The van der Waals surface area contributed by atoms with Gasteiger partial charge in [-0.15, -0.1) is 0 Å². The van der Waals surface area contributed by atoms with Crippen molar-refractivity contribution < 1.29 is 4.79 Å². The molecular formula is C18H23N3O. The molecule has 0 aliphatic heterocycles. The van der Waals surface area contributed by atoms with Crippen LogP contribution >= 0.6 is 0 Å². The van der Waals surface area contributed by atoms with E-state index in [1.54, 1.807) is 12.1 Å². The molecule has 0 spiro atoms. The van der Waals surface area contributed by atoms with Gasteiger partial charge in [-0.1, -0.05) is 37.6 Å². The van der Waals surface area contributed by atoms with E-state index in [0.29, 0.717) is 12.1 Å². The number of hydrogen-bond donors (Lipinski definition) is 2. The number of nitrogens with one attached hydrogen (secondary N) is 1. The minimum absolute atomic E-state index is 0.194. The predicted molar refractivity (Wildman–Crippen MR) is 89.6 cm³/mol. The highest BCUT2D eigenvalue weighted by atomic mass is 16.1. The molecule has 0 fully saturated rings. The first-order valence-corrected chi connectivity index (χ1v) is 7.69. The molecule has 2 aromatic rings. The van der Waals surface area contributed by atoms with Crippen molar-refractivity contribution in [3.8, 4) is 0 Å². The Kier molecular flexibility index (Phi) is 5.53. The topological polar surface area (TPSA) is 68.0 Å². The van der Waals surface area contributed by atoms with Crippen molar-refractivity contribution >= 4 is 11.7 Å². The summed E-state index contributed by atoms with van der Waals surface area (Å²) < 4.78 is 0. The van der Waals surface area contributed by atoms with Crippen molar-refractivity contribution in [2.75, 3.05) is 5.73 Å². The number of benzene rings is 1. The average molecular weight is 297 g/mol. The monoisotopic (exact) mass is 297 g/mol. The highest BCUT2D eigenvalue weighted by Crippen LogP contribution is 2.11. The van der Waals surface area contributed by atoms with E-state index in [2.05, 4.69) is 41.5 Å². The molecule has 0 radical (unpaired) electrons. The third kappa shape index (κ3) is 4.32. The fourth-order valence-electron chi connectivity index (χ4n) is 2.25. The van der Waals surface area contributed by atoms with Crippen molar-refractivity contribution in [3.05, 3.63) is 58.8 Å². The van der Waals surface area contributed by atoms with E-state index in [4.69, 9.17) is 5.73 Å². The van der Waals surface area contributed by atoms with Crippen LogP contribution < -0.4 is 11.1 Å². The maximum atomic E-state index is 12.1. The number of aromatic nitrogens is 1. The highest BCUT2D eigenvalue weighted by Gasteiger charge is 2.10. The molecule has 22 heavy (non-hydrogen) atoms. The third-order valence-corrected chi connectivity index (χ3v) is 3.60. The zero-order valence-corrected chi connectivity index (χ0v) is 13.2. The van der Waals surface area contributed by atoms with Gasteiger partial charge in [-0.2, -0.15) is 0 Å². The summed E-state index contributed by atoms with van der Waals surface area (Å²) in [6.45, 7) is 4.52. The van der Waals surface area contributed by atoms with Crippen molar-refractivity contribution in [1.82, 2.24) is 10.3 Å². The van der Waals surface area contributed by atoms with Crippen molar-refractivity contribution in [1.29, 1.82) is 0 Å². The molecule has 4 nitrogen and oxygen atoms in total. The minimum Gasteiger partial charge on any atom is -0.383 e. The van der Waals surface area contributed by atoms with Gasteiger partial charge in [0, 0.05) is 12.2 Å². The number of amides is 1. The Balaban J connectivity index is 1.93. The maximum Gasteiger partial charge on any atom is 0.255 e. The van der Waals surface area contributed by atoms with E-state index in [1.165, 1.54) is 18.4 Å². The lowest BCUT2D eigenvalue weighted by Gasteiger charge is -2.08. The summed E-state index contributed by atoms with van der Waals surface area (Å²) in [6, 6.07) is 11.9. The molecule has 0 aliphatic rings. The summed E-state index contributed by atoms with van der Waals surface area (Å²) in [6.07, 6.45) is 3.51. The summed E-state index contributed by atoms with van der Waals surface area (Å²) in [5, 5.41) is 2.88. The Bertz CT molecular complexity index is 635. The molecule has 0 unspecified atom stereocenters. The number of carbonyl (C=O) groups excluding carboxylic acids is 1. The van der Waals surface area contributed by atoms with Gasteiger partial charge in [0.2, 0.25) is 0 Å². The lowest BCUT2D eigenvalue weighted by molar-refractivity contribution is 0.0951.